The summed E-state index contributed by atoms with van der Waals surface area (Å²) in [4.78, 5) is 19.1. The molecule has 1 heterocycles. The topological polar surface area (TPSA) is 66.0 Å². The highest BCUT2D eigenvalue weighted by Crippen LogP contribution is 2.26. The van der Waals surface area contributed by atoms with Crippen LogP contribution in [0.5, 0.6) is 0 Å². The van der Waals surface area contributed by atoms with Crippen LogP contribution in [0.25, 0.3) is 0 Å². The largest absolute Gasteiger partial charge is 0.379 e. The molecule has 1 amide bonds. The number of guanidine groups is 1. The van der Waals surface area contributed by atoms with Gasteiger partial charge in [0.2, 0.25) is 5.91 Å². The molecule has 6 heteroatoms. The van der Waals surface area contributed by atoms with Gasteiger partial charge in [-0.15, -0.1) is 0 Å². The molecule has 2 N–H and O–H groups in total. The molecule has 1 aliphatic heterocycles. The highest BCUT2D eigenvalue weighted by molar-refractivity contribution is 5.97. The molecule has 0 saturated carbocycles. The SMILES string of the molecule is CCNC(=NCC(=O)N1CCCc2ccccc21)NCC(OC)C(C)(C)C. The van der Waals surface area contributed by atoms with Crippen molar-refractivity contribution in [3.63, 3.8) is 0 Å². The highest BCUT2D eigenvalue weighted by Gasteiger charge is 2.25. The van der Waals surface area contributed by atoms with Crippen molar-refractivity contribution in [3.05, 3.63) is 29.8 Å². The molecule has 0 bridgehead atoms. The zero-order chi connectivity index (χ0) is 19.9. The van der Waals surface area contributed by atoms with E-state index in [9.17, 15) is 4.79 Å². The van der Waals surface area contributed by atoms with Gasteiger partial charge in [0, 0.05) is 32.4 Å². The zero-order valence-corrected chi connectivity index (χ0v) is 17.3. The maximum atomic E-state index is 12.8. The Morgan fingerprint density at radius 1 is 1.30 bits per heavy atom. The maximum Gasteiger partial charge on any atom is 0.248 e. The molecule has 0 aromatic heterocycles. The second kappa shape index (κ2) is 9.74. The normalized spacial score (nSPS) is 15.9. The van der Waals surface area contributed by atoms with Gasteiger partial charge in [0.05, 0.1) is 6.10 Å². The van der Waals surface area contributed by atoms with E-state index in [2.05, 4.69) is 42.5 Å². The van der Waals surface area contributed by atoms with Crippen molar-refractivity contribution in [2.24, 2.45) is 10.4 Å². The number of fused-ring (bicyclic) bond motifs is 1. The summed E-state index contributed by atoms with van der Waals surface area (Å²) in [5, 5.41) is 6.50. The molecular weight excluding hydrogens is 340 g/mol. The summed E-state index contributed by atoms with van der Waals surface area (Å²) < 4.78 is 5.58. The first kappa shape index (κ1) is 21.2. The van der Waals surface area contributed by atoms with E-state index in [1.165, 1.54) is 5.56 Å². The van der Waals surface area contributed by atoms with E-state index in [1.807, 2.05) is 30.0 Å². The summed E-state index contributed by atoms with van der Waals surface area (Å²) in [7, 11) is 1.72. The third-order valence-electron chi connectivity index (χ3n) is 4.83. The molecule has 1 aromatic rings. The Labute approximate surface area is 163 Å². The Morgan fingerprint density at radius 2 is 2.04 bits per heavy atom. The number of benzene rings is 1. The molecule has 2 rings (SSSR count). The number of anilines is 1. The van der Waals surface area contributed by atoms with Crippen LogP contribution in [0.3, 0.4) is 0 Å². The molecule has 0 fully saturated rings. The van der Waals surface area contributed by atoms with Gasteiger partial charge < -0.3 is 20.3 Å². The first-order valence-corrected chi connectivity index (χ1v) is 9.80. The Kier molecular flexibility index (Phi) is 7.66. The molecule has 0 spiro atoms. The van der Waals surface area contributed by atoms with E-state index in [0.29, 0.717) is 12.5 Å². The van der Waals surface area contributed by atoms with Crippen molar-refractivity contribution >= 4 is 17.6 Å². The van der Waals surface area contributed by atoms with Crippen LogP contribution in [0.15, 0.2) is 29.3 Å². The predicted octanol–water partition coefficient (Wildman–Crippen LogP) is 2.58. The number of carbonyl (C=O) groups is 1. The Morgan fingerprint density at radius 3 is 2.70 bits per heavy atom. The number of hydrogen-bond donors (Lipinski definition) is 2. The molecule has 1 aliphatic rings. The number of hydrogen-bond acceptors (Lipinski definition) is 3. The fourth-order valence-electron chi connectivity index (χ4n) is 3.30. The number of nitrogens with one attached hydrogen (secondary N) is 2. The Balaban J connectivity index is 2.01. The summed E-state index contributed by atoms with van der Waals surface area (Å²) in [5.41, 5.74) is 2.28. The quantitative estimate of drug-likeness (QED) is 0.593. The van der Waals surface area contributed by atoms with Crippen molar-refractivity contribution in [2.75, 3.05) is 38.2 Å². The molecular formula is C21H34N4O2. The van der Waals surface area contributed by atoms with Crippen LogP contribution < -0.4 is 15.5 Å². The number of aryl methyl sites for hydroxylation is 1. The number of para-hydroxylation sites is 1. The van der Waals surface area contributed by atoms with Crippen LogP contribution in [0, 0.1) is 5.41 Å². The number of amides is 1. The number of ether oxygens (including phenoxy) is 1. The smallest absolute Gasteiger partial charge is 0.248 e. The number of aliphatic imine (C=N–C) groups is 1. The minimum absolute atomic E-state index is 0.0202. The second-order valence-corrected chi connectivity index (χ2v) is 7.94. The van der Waals surface area contributed by atoms with Gasteiger partial charge in [0.25, 0.3) is 0 Å². The first-order chi connectivity index (χ1) is 12.9. The average Bonchev–Trinajstić information content (AvgIpc) is 2.64. The van der Waals surface area contributed by atoms with Crippen molar-refractivity contribution in [3.8, 4) is 0 Å². The van der Waals surface area contributed by atoms with Gasteiger partial charge in [-0.25, -0.2) is 4.99 Å². The Bertz CT molecular complexity index is 652. The molecule has 1 aromatic carbocycles. The minimum Gasteiger partial charge on any atom is -0.379 e. The van der Waals surface area contributed by atoms with E-state index < -0.39 is 0 Å². The maximum absolute atomic E-state index is 12.8. The van der Waals surface area contributed by atoms with E-state index in [4.69, 9.17) is 4.74 Å². The monoisotopic (exact) mass is 374 g/mol. The van der Waals surface area contributed by atoms with Crippen molar-refractivity contribution in [1.82, 2.24) is 10.6 Å². The predicted molar refractivity (Wildman–Crippen MR) is 111 cm³/mol. The summed E-state index contributed by atoms with van der Waals surface area (Å²) in [6.07, 6.45) is 2.07. The van der Waals surface area contributed by atoms with E-state index >= 15 is 0 Å². The van der Waals surface area contributed by atoms with Crippen LogP contribution in [-0.2, 0) is 16.0 Å². The van der Waals surface area contributed by atoms with Gasteiger partial charge in [-0.3, -0.25) is 4.79 Å². The number of rotatable bonds is 6. The van der Waals surface area contributed by atoms with Gasteiger partial charge in [-0.2, -0.15) is 0 Å². The molecule has 0 saturated heterocycles. The molecule has 27 heavy (non-hydrogen) atoms. The van der Waals surface area contributed by atoms with Crippen LogP contribution in [0.4, 0.5) is 5.69 Å². The number of carbonyl (C=O) groups excluding carboxylic acids is 1. The van der Waals surface area contributed by atoms with E-state index in [0.717, 1.165) is 31.6 Å². The molecule has 0 aliphatic carbocycles. The lowest BCUT2D eigenvalue weighted by Crippen LogP contribution is -2.46. The van der Waals surface area contributed by atoms with Crippen molar-refractivity contribution in [1.29, 1.82) is 0 Å². The summed E-state index contributed by atoms with van der Waals surface area (Å²) in [6, 6.07) is 8.13. The third-order valence-corrected chi connectivity index (χ3v) is 4.83. The molecule has 1 unspecified atom stereocenters. The molecule has 1 atom stereocenters. The lowest BCUT2D eigenvalue weighted by atomic mass is 9.89. The summed E-state index contributed by atoms with van der Waals surface area (Å²) in [5.74, 6) is 0.668. The first-order valence-electron chi connectivity index (χ1n) is 9.80. The Hall–Kier alpha value is -2.08. The van der Waals surface area contributed by atoms with E-state index in [1.54, 1.807) is 7.11 Å². The van der Waals surface area contributed by atoms with Crippen LogP contribution in [-0.4, -0.2) is 51.3 Å². The molecule has 0 radical (unpaired) electrons. The number of nitrogens with zero attached hydrogens (tertiary/aromatic N) is 2. The van der Waals surface area contributed by atoms with Gasteiger partial charge in [0.1, 0.15) is 6.54 Å². The average molecular weight is 375 g/mol. The van der Waals surface area contributed by atoms with Crippen molar-refractivity contribution in [2.45, 2.75) is 46.6 Å². The van der Waals surface area contributed by atoms with Crippen LogP contribution in [0.2, 0.25) is 0 Å². The molecule has 150 valence electrons. The van der Waals surface area contributed by atoms with Crippen LogP contribution >= 0.6 is 0 Å². The summed E-state index contributed by atoms with van der Waals surface area (Å²) in [6.45, 7) is 10.7. The van der Waals surface area contributed by atoms with Crippen LogP contribution in [0.1, 0.15) is 39.7 Å². The fraction of sp³-hybridized carbons (Fsp3) is 0.619. The number of methoxy groups -OCH3 is 1. The third kappa shape index (κ3) is 5.96. The van der Waals surface area contributed by atoms with Gasteiger partial charge in [-0.05, 0) is 36.8 Å². The second-order valence-electron chi connectivity index (χ2n) is 7.94. The standard InChI is InChI=1S/C21H34N4O2/c1-6-22-20(23-14-18(27-5)21(2,3)4)24-15-19(26)25-13-9-11-16-10-7-8-12-17(16)25/h7-8,10,12,18H,6,9,11,13-15H2,1-5H3,(H2,22,23,24). The van der Waals surface area contributed by atoms with Crippen molar-refractivity contribution < 1.29 is 9.53 Å². The lowest BCUT2D eigenvalue weighted by Gasteiger charge is -2.30. The fourth-order valence-corrected chi connectivity index (χ4v) is 3.30. The highest BCUT2D eigenvalue weighted by atomic mass is 16.5. The zero-order valence-electron chi connectivity index (χ0n) is 17.3. The molecule has 6 nitrogen and oxygen atoms in total. The van der Waals surface area contributed by atoms with E-state index in [-0.39, 0.29) is 24.0 Å². The van der Waals surface area contributed by atoms with Gasteiger partial charge >= 0.3 is 0 Å². The van der Waals surface area contributed by atoms with Gasteiger partial charge in [-0.1, -0.05) is 39.0 Å². The minimum atomic E-state index is 0.0202. The summed E-state index contributed by atoms with van der Waals surface area (Å²) >= 11 is 0. The lowest BCUT2D eigenvalue weighted by molar-refractivity contribution is -0.117. The van der Waals surface area contributed by atoms with Gasteiger partial charge in [0.15, 0.2) is 5.96 Å².